The number of benzene rings is 1. The first-order chi connectivity index (χ1) is 9.83. The molecule has 0 radical (unpaired) electrons. The maximum Gasteiger partial charge on any atom is 0.224 e. The summed E-state index contributed by atoms with van der Waals surface area (Å²) in [4.78, 5) is 8.63. The summed E-state index contributed by atoms with van der Waals surface area (Å²) in [7, 11) is 1.65. The molecule has 106 valence electrons. The molecule has 2 N–H and O–H groups in total. The van der Waals surface area contributed by atoms with Gasteiger partial charge in [-0.1, -0.05) is 25.5 Å². The van der Waals surface area contributed by atoms with E-state index in [9.17, 15) is 0 Å². The van der Waals surface area contributed by atoms with Crippen molar-refractivity contribution in [3.63, 3.8) is 0 Å². The van der Waals surface area contributed by atoms with Crippen LogP contribution in [-0.2, 0) is 0 Å². The van der Waals surface area contributed by atoms with Crippen LogP contribution in [-0.4, -0.2) is 23.6 Å². The number of rotatable bonds is 7. The van der Waals surface area contributed by atoms with Crippen LogP contribution in [0.15, 0.2) is 36.5 Å². The molecular formula is C15H20N4O. The van der Waals surface area contributed by atoms with Gasteiger partial charge in [-0.2, -0.15) is 4.98 Å². The largest absolute Gasteiger partial charge is 0.495 e. The van der Waals surface area contributed by atoms with E-state index < -0.39 is 0 Å². The number of nitrogens with zero attached hydrogens (tertiary/aromatic N) is 2. The summed E-state index contributed by atoms with van der Waals surface area (Å²) in [6.45, 7) is 3.04. The van der Waals surface area contributed by atoms with Gasteiger partial charge in [0, 0.05) is 12.7 Å². The minimum atomic E-state index is 0.637. The van der Waals surface area contributed by atoms with Gasteiger partial charge in [-0.15, -0.1) is 0 Å². The molecule has 1 aromatic heterocycles. The maximum atomic E-state index is 5.31. The number of aromatic nitrogens is 2. The Balaban J connectivity index is 2.07. The number of nitrogens with one attached hydrogen (secondary N) is 2. The van der Waals surface area contributed by atoms with Crippen molar-refractivity contribution in [1.29, 1.82) is 0 Å². The normalized spacial score (nSPS) is 10.1. The van der Waals surface area contributed by atoms with Gasteiger partial charge in [0.15, 0.2) is 0 Å². The highest BCUT2D eigenvalue weighted by molar-refractivity contribution is 5.64. The Bertz CT molecular complexity index is 545. The molecule has 0 fully saturated rings. The van der Waals surface area contributed by atoms with E-state index in [0.29, 0.717) is 5.95 Å². The summed E-state index contributed by atoms with van der Waals surface area (Å²) in [5.74, 6) is 2.16. The molecule has 20 heavy (non-hydrogen) atoms. The molecule has 0 atom stereocenters. The number of para-hydroxylation sites is 2. The smallest absolute Gasteiger partial charge is 0.224 e. The molecule has 0 saturated heterocycles. The van der Waals surface area contributed by atoms with Crippen molar-refractivity contribution in [2.24, 2.45) is 0 Å². The van der Waals surface area contributed by atoms with Crippen molar-refractivity contribution >= 4 is 17.5 Å². The highest BCUT2D eigenvalue weighted by atomic mass is 16.5. The van der Waals surface area contributed by atoms with Gasteiger partial charge in [-0.3, -0.25) is 0 Å². The summed E-state index contributed by atoms with van der Waals surface area (Å²) in [6.07, 6.45) is 3.98. The molecule has 1 heterocycles. The fourth-order valence-corrected chi connectivity index (χ4v) is 1.78. The zero-order valence-electron chi connectivity index (χ0n) is 11.9. The van der Waals surface area contributed by atoms with Crippen LogP contribution in [0, 0.1) is 0 Å². The lowest BCUT2D eigenvalue weighted by Gasteiger charge is -2.11. The number of anilines is 3. The molecule has 0 aliphatic heterocycles. The van der Waals surface area contributed by atoms with Gasteiger partial charge in [-0.05, 0) is 24.6 Å². The zero-order valence-corrected chi connectivity index (χ0v) is 11.9. The first-order valence-corrected chi connectivity index (χ1v) is 6.80. The van der Waals surface area contributed by atoms with Crippen molar-refractivity contribution in [3.8, 4) is 5.75 Å². The van der Waals surface area contributed by atoms with Crippen molar-refractivity contribution in [2.75, 3.05) is 24.3 Å². The second-order valence-corrected chi connectivity index (χ2v) is 4.37. The first-order valence-electron chi connectivity index (χ1n) is 6.80. The number of hydrogen-bond donors (Lipinski definition) is 2. The molecule has 0 saturated carbocycles. The fraction of sp³-hybridized carbons (Fsp3) is 0.333. The summed E-state index contributed by atoms with van der Waals surface area (Å²) in [5.41, 5.74) is 0.883. The maximum absolute atomic E-state index is 5.31. The van der Waals surface area contributed by atoms with E-state index in [0.717, 1.165) is 36.6 Å². The number of hydrogen-bond acceptors (Lipinski definition) is 5. The second-order valence-electron chi connectivity index (χ2n) is 4.37. The Morgan fingerprint density at radius 1 is 1.20 bits per heavy atom. The van der Waals surface area contributed by atoms with Gasteiger partial charge in [0.2, 0.25) is 5.95 Å². The summed E-state index contributed by atoms with van der Waals surface area (Å²) >= 11 is 0. The van der Waals surface area contributed by atoms with Crippen LogP contribution < -0.4 is 15.4 Å². The Hall–Kier alpha value is -2.30. The zero-order chi connectivity index (χ0) is 14.2. The molecule has 0 unspecified atom stereocenters. The Kier molecular flexibility index (Phi) is 5.17. The van der Waals surface area contributed by atoms with Crippen LogP contribution in [0.25, 0.3) is 0 Å². The van der Waals surface area contributed by atoms with Crippen molar-refractivity contribution in [3.05, 3.63) is 36.5 Å². The van der Waals surface area contributed by atoms with Gasteiger partial charge in [-0.25, -0.2) is 4.98 Å². The van der Waals surface area contributed by atoms with Gasteiger partial charge in [0.1, 0.15) is 11.6 Å². The van der Waals surface area contributed by atoms with E-state index in [-0.39, 0.29) is 0 Å². The van der Waals surface area contributed by atoms with Gasteiger partial charge in [0.05, 0.1) is 12.8 Å². The van der Waals surface area contributed by atoms with Gasteiger partial charge in [0.25, 0.3) is 0 Å². The number of methoxy groups -OCH3 is 1. The van der Waals surface area contributed by atoms with Crippen molar-refractivity contribution in [2.45, 2.75) is 19.8 Å². The first kappa shape index (κ1) is 14.1. The molecule has 1 aromatic carbocycles. The minimum absolute atomic E-state index is 0.637. The summed E-state index contributed by atoms with van der Waals surface area (Å²) in [5, 5.41) is 6.45. The van der Waals surface area contributed by atoms with Crippen LogP contribution in [0.1, 0.15) is 19.8 Å². The van der Waals surface area contributed by atoms with Gasteiger partial charge >= 0.3 is 0 Å². The molecule has 2 aromatic rings. The van der Waals surface area contributed by atoms with E-state index in [1.54, 1.807) is 13.3 Å². The van der Waals surface area contributed by atoms with Crippen LogP contribution >= 0.6 is 0 Å². The molecular weight excluding hydrogens is 252 g/mol. The highest BCUT2D eigenvalue weighted by Crippen LogP contribution is 2.26. The lowest BCUT2D eigenvalue weighted by atomic mass is 10.3. The third-order valence-corrected chi connectivity index (χ3v) is 2.84. The SMILES string of the molecule is CCCCNc1nccc(Nc2ccccc2OC)n1. The molecule has 5 nitrogen and oxygen atoms in total. The fourth-order valence-electron chi connectivity index (χ4n) is 1.78. The van der Waals surface area contributed by atoms with Crippen LogP contribution in [0.4, 0.5) is 17.5 Å². The lowest BCUT2D eigenvalue weighted by Crippen LogP contribution is -2.06. The molecule has 0 aliphatic carbocycles. The average Bonchev–Trinajstić information content (AvgIpc) is 2.48. The van der Waals surface area contributed by atoms with E-state index in [1.807, 2.05) is 30.3 Å². The predicted octanol–water partition coefficient (Wildman–Crippen LogP) is 3.44. The molecule has 2 rings (SSSR count). The molecule has 0 spiro atoms. The monoisotopic (exact) mass is 272 g/mol. The molecule has 0 bridgehead atoms. The quantitative estimate of drug-likeness (QED) is 0.756. The minimum Gasteiger partial charge on any atom is -0.495 e. The van der Waals surface area contributed by atoms with Crippen LogP contribution in [0.2, 0.25) is 0 Å². The van der Waals surface area contributed by atoms with E-state index in [4.69, 9.17) is 4.74 Å². The van der Waals surface area contributed by atoms with E-state index in [1.165, 1.54) is 0 Å². The van der Waals surface area contributed by atoms with Gasteiger partial charge < -0.3 is 15.4 Å². The lowest BCUT2D eigenvalue weighted by molar-refractivity contribution is 0.417. The average molecular weight is 272 g/mol. The third-order valence-electron chi connectivity index (χ3n) is 2.84. The molecule has 5 heteroatoms. The van der Waals surface area contributed by atoms with E-state index >= 15 is 0 Å². The standard InChI is InChI=1S/C15H20N4O/c1-3-4-10-16-15-17-11-9-14(19-15)18-12-7-5-6-8-13(12)20-2/h5-9,11H,3-4,10H2,1-2H3,(H2,16,17,18,19). The molecule has 0 amide bonds. The Morgan fingerprint density at radius 2 is 2.05 bits per heavy atom. The Labute approximate surface area is 119 Å². The third kappa shape index (κ3) is 3.85. The van der Waals surface area contributed by atoms with E-state index in [2.05, 4.69) is 27.5 Å². The molecule has 0 aliphatic rings. The number of unbranched alkanes of at least 4 members (excludes halogenated alkanes) is 1. The summed E-state index contributed by atoms with van der Waals surface area (Å²) < 4.78 is 5.31. The van der Waals surface area contributed by atoms with Crippen LogP contribution in [0.3, 0.4) is 0 Å². The van der Waals surface area contributed by atoms with Crippen molar-refractivity contribution in [1.82, 2.24) is 9.97 Å². The van der Waals surface area contributed by atoms with Crippen molar-refractivity contribution < 1.29 is 4.74 Å². The summed E-state index contributed by atoms with van der Waals surface area (Å²) in [6, 6.07) is 9.57. The predicted molar refractivity (Wildman–Crippen MR) is 81.7 cm³/mol. The Morgan fingerprint density at radius 3 is 2.85 bits per heavy atom. The second kappa shape index (κ2) is 7.33. The topological polar surface area (TPSA) is 59.1 Å². The number of ether oxygens (including phenoxy) is 1. The van der Waals surface area contributed by atoms with Crippen LogP contribution in [0.5, 0.6) is 5.75 Å². The highest BCUT2D eigenvalue weighted by Gasteiger charge is 2.03.